The molecule has 3 rings (SSSR count). The second kappa shape index (κ2) is 8.20. The van der Waals surface area contributed by atoms with Gasteiger partial charge in [0.1, 0.15) is 12.1 Å². The Bertz CT molecular complexity index is 726. The molecule has 0 aromatic heterocycles. The third kappa shape index (κ3) is 4.45. The van der Waals surface area contributed by atoms with Crippen molar-refractivity contribution in [1.29, 1.82) is 0 Å². The maximum Gasteiger partial charge on any atom is 0.325 e. The molecule has 8 heteroatoms. The number of carbonyl (C=O) groups is 4. The van der Waals surface area contributed by atoms with E-state index in [1.54, 1.807) is 0 Å². The molecule has 6 amide bonds. The minimum atomic E-state index is -0.885. The van der Waals surface area contributed by atoms with Crippen LogP contribution in [0.3, 0.4) is 0 Å². The van der Waals surface area contributed by atoms with Crippen molar-refractivity contribution in [3.63, 3.8) is 0 Å². The van der Waals surface area contributed by atoms with Crippen molar-refractivity contribution in [3.8, 4) is 0 Å². The minimum absolute atomic E-state index is 0.270. The Kier molecular flexibility index (Phi) is 5.73. The van der Waals surface area contributed by atoms with Crippen LogP contribution in [0.4, 0.5) is 9.59 Å². The average molecular weight is 372 g/mol. The van der Waals surface area contributed by atoms with E-state index in [2.05, 4.69) is 16.0 Å². The molecule has 1 aliphatic carbocycles. The van der Waals surface area contributed by atoms with Gasteiger partial charge in [0.15, 0.2) is 0 Å². The number of hydrogen-bond donors (Lipinski definition) is 3. The molecule has 2 aliphatic rings. The van der Waals surface area contributed by atoms with E-state index in [4.69, 9.17) is 0 Å². The predicted molar refractivity (Wildman–Crippen MR) is 97.5 cm³/mol. The zero-order valence-electron chi connectivity index (χ0n) is 15.1. The van der Waals surface area contributed by atoms with Gasteiger partial charge < -0.3 is 10.6 Å². The number of carbonyl (C=O) groups excluding carboxylic acids is 4. The molecule has 1 saturated heterocycles. The second-order valence-electron chi connectivity index (χ2n) is 7.03. The Balaban J connectivity index is 1.52. The van der Waals surface area contributed by atoms with Crippen LogP contribution in [0.15, 0.2) is 30.3 Å². The van der Waals surface area contributed by atoms with Gasteiger partial charge in [-0.05, 0) is 18.4 Å². The molecule has 0 atom stereocenters. The number of imide groups is 2. The smallest absolute Gasteiger partial charge is 0.325 e. The van der Waals surface area contributed by atoms with Crippen LogP contribution in [0.5, 0.6) is 0 Å². The normalized spacial score (nSPS) is 18.7. The molecular weight excluding hydrogens is 348 g/mol. The summed E-state index contributed by atoms with van der Waals surface area (Å²) in [5, 5.41) is 7.50. The summed E-state index contributed by atoms with van der Waals surface area (Å²) in [6.45, 7) is -0.197. The molecule has 1 aliphatic heterocycles. The van der Waals surface area contributed by atoms with E-state index in [-0.39, 0.29) is 12.5 Å². The summed E-state index contributed by atoms with van der Waals surface area (Å²) in [5.41, 5.74) is 0.00757. The Labute approximate surface area is 157 Å². The van der Waals surface area contributed by atoms with Gasteiger partial charge in [-0.2, -0.15) is 0 Å². The van der Waals surface area contributed by atoms with E-state index in [0.717, 1.165) is 36.1 Å². The fourth-order valence-electron chi connectivity index (χ4n) is 3.62. The average Bonchev–Trinajstić information content (AvgIpc) is 2.83. The Hall–Kier alpha value is -2.90. The van der Waals surface area contributed by atoms with Crippen LogP contribution in [0.2, 0.25) is 0 Å². The van der Waals surface area contributed by atoms with Crippen molar-refractivity contribution in [3.05, 3.63) is 35.9 Å². The maximum atomic E-state index is 12.7. The number of rotatable bonds is 4. The number of urea groups is 2. The van der Waals surface area contributed by atoms with Gasteiger partial charge in [0.2, 0.25) is 5.91 Å². The fraction of sp³-hybridized carbons (Fsp3) is 0.474. The molecule has 1 aromatic rings. The van der Waals surface area contributed by atoms with Gasteiger partial charge >= 0.3 is 12.1 Å². The first-order chi connectivity index (χ1) is 13.0. The minimum Gasteiger partial charge on any atom is -0.334 e. The SMILES string of the molecule is O=C(CN1C(=O)NC2(CCCCCC2)C1=O)NC(=O)NCc1ccccc1. The Morgan fingerprint density at radius 2 is 1.70 bits per heavy atom. The molecule has 2 fully saturated rings. The maximum absolute atomic E-state index is 12.7. The van der Waals surface area contributed by atoms with Crippen LogP contribution in [-0.4, -0.2) is 40.9 Å². The molecule has 8 nitrogen and oxygen atoms in total. The number of nitrogens with one attached hydrogen (secondary N) is 3. The molecule has 3 N–H and O–H groups in total. The predicted octanol–water partition coefficient (Wildman–Crippen LogP) is 1.66. The summed E-state index contributed by atoms with van der Waals surface area (Å²) in [6, 6.07) is 8.03. The van der Waals surface area contributed by atoms with Gasteiger partial charge in [0, 0.05) is 6.54 Å². The summed E-state index contributed by atoms with van der Waals surface area (Å²) in [7, 11) is 0. The second-order valence-corrected chi connectivity index (χ2v) is 7.03. The van der Waals surface area contributed by atoms with Crippen molar-refractivity contribution in [2.45, 2.75) is 50.6 Å². The van der Waals surface area contributed by atoms with Gasteiger partial charge in [-0.25, -0.2) is 9.59 Å². The monoisotopic (exact) mass is 372 g/mol. The van der Waals surface area contributed by atoms with Crippen LogP contribution in [-0.2, 0) is 16.1 Å². The van der Waals surface area contributed by atoms with Crippen molar-refractivity contribution < 1.29 is 19.2 Å². The highest BCUT2D eigenvalue weighted by Gasteiger charge is 2.51. The standard InChI is InChI=1S/C19H24N4O4/c24-15(21-17(26)20-12-14-8-4-3-5-9-14)13-23-16(25)19(22-18(23)27)10-6-1-2-7-11-19/h3-5,8-9H,1-2,6-7,10-13H2,(H,22,27)(H2,20,21,24,26). The van der Waals surface area contributed by atoms with E-state index in [0.29, 0.717) is 12.8 Å². The first kappa shape index (κ1) is 18.9. The molecule has 144 valence electrons. The molecule has 27 heavy (non-hydrogen) atoms. The van der Waals surface area contributed by atoms with Crippen LogP contribution < -0.4 is 16.0 Å². The number of benzene rings is 1. The lowest BCUT2D eigenvalue weighted by Gasteiger charge is -2.24. The summed E-state index contributed by atoms with van der Waals surface area (Å²) < 4.78 is 0. The van der Waals surface area contributed by atoms with Crippen LogP contribution in [0.1, 0.15) is 44.1 Å². The van der Waals surface area contributed by atoms with Crippen LogP contribution in [0, 0.1) is 0 Å². The zero-order valence-corrected chi connectivity index (χ0v) is 15.1. The molecule has 1 saturated carbocycles. The molecule has 0 bridgehead atoms. The van der Waals surface area contributed by atoms with Crippen molar-refractivity contribution in [1.82, 2.24) is 20.9 Å². The van der Waals surface area contributed by atoms with Crippen molar-refractivity contribution >= 4 is 23.9 Å². The van der Waals surface area contributed by atoms with E-state index in [1.165, 1.54) is 0 Å². The van der Waals surface area contributed by atoms with Gasteiger partial charge in [-0.1, -0.05) is 56.0 Å². The Morgan fingerprint density at radius 3 is 2.37 bits per heavy atom. The number of nitrogens with zero attached hydrogens (tertiary/aromatic N) is 1. The lowest BCUT2D eigenvalue weighted by molar-refractivity contribution is -0.135. The van der Waals surface area contributed by atoms with Crippen molar-refractivity contribution in [2.24, 2.45) is 0 Å². The topological polar surface area (TPSA) is 108 Å². The van der Waals surface area contributed by atoms with E-state index >= 15 is 0 Å². The summed E-state index contributed by atoms with van der Waals surface area (Å²) >= 11 is 0. The molecule has 1 heterocycles. The Morgan fingerprint density at radius 1 is 1.04 bits per heavy atom. The van der Waals surface area contributed by atoms with Gasteiger partial charge in [-0.15, -0.1) is 0 Å². The summed E-state index contributed by atoms with van der Waals surface area (Å²) in [5.74, 6) is -1.07. The molecule has 1 spiro atoms. The lowest BCUT2D eigenvalue weighted by Crippen LogP contribution is -2.48. The van der Waals surface area contributed by atoms with Gasteiger partial charge in [-0.3, -0.25) is 19.8 Å². The third-order valence-corrected chi connectivity index (χ3v) is 5.05. The molecule has 1 aromatic carbocycles. The van der Waals surface area contributed by atoms with E-state index < -0.39 is 30.1 Å². The summed E-state index contributed by atoms with van der Waals surface area (Å²) in [6.07, 6.45) is 4.99. The quantitative estimate of drug-likeness (QED) is 0.699. The summed E-state index contributed by atoms with van der Waals surface area (Å²) in [4.78, 5) is 49.8. The van der Waals surface area contributed by atoms with E-state index in [9.17, 15) is 19.2 Å². The largest absolute Gasteiger partial charge is 0.334 e. The van der Waals surface area contributed by atoms with Crippen molar-refractivity contribution in [2.75, 3.05) is 6.54 Å². The highest BCUT2D eigenvalue weighted by molar-refractivity contribution is 6.10. The first-order valence-electron chi connectivity index (χ1n) is 9.26. The van der Waals surface area contributed by atoms with Crippen LogP contribution >= 0.6 is 0 Å². The van der Waals surface area contributed by atoms with E-state index in [1.807, 2.05) is 30.3 Å². The number of amides is 6. The zero-order chi connectivity index (χ0) is 19.3. The number of hydrogen-bond acceptors (Lipinski definition) is 4. The van der Waals surface area contributed by atoms with Gasteiger partial charge in [0.25, 0.3) is 5.91 Å². The highest BCUT2D eigenvalue weighted by Crippen LogP contribution is 2.32. The van der Waals surface area contributed by atoms with Gasteiger partial charge in [0.05, 0.1) is 0 Å². The first-order valence-corrected chi connectivity index (χ1v) is 9.26. The lowest BCUT2D eigenvalue weighted by atomic mass is 9.90. The highest BCUT2D eigenvalue weighted by atomic mass is 16.2. The molecular formula is C19H24N4O4. The van der Waals surface area contributed by atoms with Crippen LogP contribution in [0.25, 0.3) is 0 Å². The fourth-order valence-corrected chi connectivity index (χ4v) is 3.62. The molecule has 0 unspecified atom stereocenters. The third-order valence-electron chi connectivity index (χ3n) is 5.05. The molecule has 0 radical (unpaired) electrons.